The molecule has 0 fully saturated rings. The van der Waals surface area contributed by atoms with Crippen LogP contribution in [-0.4, -0.2) is 29.0 Å². The maximum atomic E-state index is 10.0. The largest absolute Gasteiger partial charge is 0.490 e. The predicted molar refractivity (Wildman–Crippen MR) is 94.2 cm³/mol. The van der Waals surface area contributed by atoms with Crippen LogP contribution < -0.4 is 10.5 Å². The molecule has 0 aliphatic heterocycles. The third kappa shape index (κ3) is 5.27. The quantitative estimate of drug-likeness (QED) is 0.798. The highest BCUT2D eigenvalue weighted by Crippen LogP contribution is 2.21. The first-order valence-corrected chi connectivity index (χ1v) is 7.85. The molecular formula is C19H22N2O3. The van der Waals surface area contributed by atoms with E-state index in [0.717, 1.165) is 11.3 Å². The molecule has 126 valence electrons. The molecule has 0 aliphatic carbocycles. The van der Waals surface area contributed by atoms with Gasteiger partial charge in [-0.15, -0.1) is 5.92 Å². The Morgan fingerprint density at radius 3 is 2.88 bits per heavy atom. The summed E-state index contributed by atoms with van der Waals surface area (Å²) < 4.78 is 10.8. The van der Waals surface area contributed by atoms with Crippen LogP contribution in [0, 0.1) is 18.8 Å². The van der Waals surface area contributed by atoms with Crippen molar-refractivity contribution in [1.82, 2.24) is 5.16 Å². The lowest BCUT2D eigenvalue weighted by Gasteiger charge is -2.16. The molecule has 5 heteroatoms. The molecule has 0 aliphatic rings. The van der Waals surface area contributed by atoms with E-state index in [-0.39, 0.29) is 6.61 Å². The number of aliphatic hydroxyl groups excluding tert-OH is 1. The molecule has 0 radical (unpaired) electrons. The van der Waals surface area contributed by atoms with Gasteiger partial charge in [0.15, 0.2) is 5.76 Å². The van der Waals surface area contributed by atoms with Gasteiger partial charge >= 0.3 is 0 Å². The fourth-order valence-electron chi connectivity index (χ4n) is 1.98. The lowest BCUT2D eigenvalue weighted by atomic mass is 10.1. The molecule has 2 atom stereocenters. The van der Waals surface area contributed by atoms with Crippen LogP contribution in [0.25, 0.3) is 12.2 Å². The zero-order valence-corrected chi connectivity index (χ0v) is 13.9. The Hall–Kier alpha value is -2.55. The highest BCUT2D eigenvalue weighted by atomic mass is 16.5. The first-order valence-electron chi connectivity index (χ1n) is 7.85. The van der Waals surface area contributed by atoms with Gasteiger partial charge in [-0.1, -0.05) is 36.2 Å². The van der Waals surface area contributed by atoms with E-state index in [2.05, 4.69) is 17.0 Å². The summed E-state index contributed by atoms with van der Waals surface area (Å²) in [4.78, 5) is 0. The molecule has 3 N–H and O–H groups in total. The van der Waals surface area contributed by atoms with Gasteiger partial charge in [0, 0.05) is 18.1 Å². The van der Waals surface area contributed by atoms with E-state index in [0.29, 0.717) is 17.9 Å². The van der Waals surface area contributed by atoms with Gasteiger partial charge in [0.05, 0.1) is 11.7 Å². The number of aromatic nitrogens is 1. The van der Waals surface area contributed by atoms with Gasteiger partial charge in [-0.2, -0.15) is 0 Å². The number of hydrogen-bond acceptors (Lipinski definition) is 5. The number of aliphatic hydroxyl groups is 1. The van der Waals surface area contributed by atoms with Crippen molar-refractivity contribution < 1.29 is 14.4 Å². The average Bonchev–Trinajstić information content (AvgIpc) is 3.01. The van der Waals surface area contributed by atoms with Crippen LogP contribution >= 0.6 is 0 Å². The van der Waals surface area contributed by atoms with Gasteiger partial charge < -0.3 is 20.1 Å². The maximum absolute atomic E-state index is 10.0. The molecule has 1 aromatic carbocycles. The molecule has 0 saturated carbocycles. The van der Waals surface area contributed by atoms with Gasteiger partial charge in [0.1, 0.15) is 18.5 Å². The van der Waals surface area contributed by atoms with Crippen molar-refractivity contribution >= 4 is 12.2 Å². The minimum atomic E-state index is -0.849. The number of benzene rings is 1. The summed E-state index contributed by atoms with van der Waals surface area (Å²) in [6.45, 7) is 3.87. The first kappa shape index (κ1) is 17.8. The van der Waals surface area contributed by atoms with E-state index in [1.54, 1.807) is 0 Å². The fraction of sp³-hybridized carbons (Fsp3) is 0.316. The summed E-state index contributed by atoms with van der Waals surface area (Å²) in [6.07, 6.45) is 3.55. The number of aryl methyl sites for hydroxylation is 1. The van der Waals surface area contributed by atoms with E-state index in [4.69, 9.17) is 15.0 Å². The second-order valence-electron chi connectivity index (χ2n) is 5.32. The number of rotatable bonds is 6. The number of hydrogen-bond donors (Lipinski definition) is 2. The molecule has 1 aromatic heterocycles. The zero-order chi connectivity index (χ0) is 17.4. The number of para-hydroxylation sites is 1. The molecular weight excluding hydrogens is 304 g/mol. The molecule has 24 heavy (non-hydrogen) atoms. The summed E-state index contributed by atoms with van der Waals surface area (Å²) in [7, 11) is 0. The molecule has 1 heterocycles. The van der Waals surface area contributed by atoms with E-state index >= 15 is 0 Å². The van der Waals surface area contributed by atoms with Gasteiger partial charge in [-0.25, -0.2) is 0 Å². The summed E-state index contributed by atoms with van der Waals surface area (Å²) in [5.74, 6) is 6.98. The van der Waals surface area contributed by atoms with Crippen LogP contribution in [0.15, 0.2) is 34.9 Å². The number of ether oxygens (including phenoxy) is 1. The second kappa shape index (κ2) is 8.92. The Morgan fingerprint density at radius 2 is 2.17 bits per heavy atom. The van der Waals surface area contributed by atoms with Crippen molar-refractivity contribution in [2.45, 2.75) is 32.4 Å². The van der Waals surface area contributed by atoms with Gasteiger partial charge in [-0.3, -0.25) is 0 Å². The molecule has 2 aromatic rings. The molecule has 0 saturated heterocycles. The zero-order valence-electron chi connectivity index (χ0n) is 13.9. The molecule has 0 bridgehead atoms. The average molecular weight is 326 g/mol. The standard InChI is InChI=1S/C19H22N2O3/c1-3-4-8-17(20)18(22)13-23-19-9-6-5-7-15(19)10-11-16-12-14(2)21-24-16/h5-7,9-12,17-18,22H,3,13,20H2,1-2H3. The van der Waals surface area contributed by atoms with Crippen molar-refractivity contribution in [1.29, 1.82) is 0 Å². The minimum absolute atomic E-state index is 0.0752. The smallest absolute Gasteiger partial charge is 0.159 e. The van der Waals surface area contributed by atoms with Gasteiger partial charge in [0.25, 0.3) is 0 Å². The highest BCUT2D eigenvalue weighted by molar-refractivity contribution is 5.70. The Balaban J connectivity index is 2.02. The Kier molecular flexibility index (Phi) is 6.62. The summed E-state index contributed by atoms with van der Waals surface area (Å²) in [5, 5.41) is 13.9. The first-order chi connectivity index (χ1) is 11.6. The molecule has 0 amide bonds. The van der Waals surface area contributed by atoms with Crippen LogP contribution in [0.1, 0.15) is 30.4 Å². The summed E-state index contributed by atoms with van der Waals surface area (Å²) >= 11 is 0. The Bertz CT molecular complexity index is 740. The predicted octanol–water partition coefficient (Wildman–Crippen LogP) is 2.63. The van der Waals surface area contributed by atoms with Crippen molar-refractivity contribution in [3.8, 4) is 17.6 Å². The number of nitrogens with two attached hydrogens (primary N) is 1. The van der Waals surface area contributed by atoms with Crippen molar-refractivity contribution in [2.75, 3.05) is 6.61 Å². The third-order valence-corrected chi connectivity index (χ3v) is 3.26. The Morgan fingerprint density at radius 1 is 1.38 bits per heavy atom. The summed E-state index contributed by atoms with van der Waals surface area (Å²) in [6, 6.07) is 8.75. The number of nitrogens with zero attached hydrogens (tertiary/aromatic N) is 1. The maximum Gasteiger partial charge on any atom is 0.159 e. The topological polar surface area (TPSA) is 81.5 Å². The van der Waals surface area contributed by atoms with Gasteiger partial charge in [0.2, 0.25) is 0 Å². The van der Waals surface area contributed by atoms with Crippen LogP contribution in [0.2, 0.25) is 0 Å². The minimum Gasteiger partial charge on any atom is -0.490 e. The van der Waals surface area contributed by atoms with E-state index in [1.807, 2.05) is 56.3 Å². The van der Waals surface area contributed by atoms with Crippen LogP contribution in [0.4, 0.5) is 0 Å². The normalized spacial score (nSPS) is 13.3. The molecule has 2 unspecified atom stereocenters. The lowest BCUT2D eigenvalue weighted by Crippen LogP contribution is -2.37. The molecule has 0 spiro atoms. The third-order valence-electron chi connectivity index (χ3n) is 3.26. The van der Waals surface area contributed by atoms with Crippen LogP contribution in [-0.2, 0) is 0 Å². The summed E-state index contributed by atoms with van der Waals surface area (Å²) in [5.41, 5.74) is 7.50. The van der Waals surface area contributed by atoms with Crippen LogP contribution in [0.3, 0.4) is 0 Å². The van der Waals surface area contributed by atoms with E-state index in [1.165, 1.54) is 0 Å². The van der Waals surface area contributed by atoms with Crippen LogP contribution in [0.5, 0.6) is 5.75 Å². The second-order valence-corrected chi connectivity index (χ2v) is 5.32. The Labute approximate surface area is 142 Å². The lowest BCUT2D eigenvalue weighted by molar-refractivity contribution is 0.0991. The van der Waals surface area contributed by atoms with E-state index < -0.39 is 12.1 Å². The van der Waals surface area contributed by atoms with Gasteiger partial charge in [-0.05, 0) is 25.1 Å². The SMILES string of the molecule is CCC#CC(N)C(O)COc1ccccc1C=Cc1cc(C)no1. The monoisotopic (exact) mass is 326 g/mol. The molecule has 5 nitrogen and oxygen atoms in total. The van der Waals surface area contributed by atoms with Crippen molar-refractivity contribution in [3.63, 3.8) is 0 Å². The fourth-order valence-corrected chi connectivity index (χ4v) is 1.98. The highest BCUT2D eigenvalue weighted by Gasteiger charge is 2.13. The van der Waals surface area contributed by atoms with E-state index in [9.17, 15) is 5.11 Å². The van der Waals surface area contributed by atoms with Crippen molar-refractivity contribution in [3.05, 3.63) is 47.3 Å². The molecule has 2 rings (SSSR count). The van der Waals surface area contributed by atoms with Crippen molar-refractivity contribution in [2.24, 2.45) is 5.73 Å².